The lowest BCUT2D eigenvalue weighted by Gasteiger charge is -2.29. The van der Waals surface area contributed by atoms with E-state index < -0.39 is 5.56 Å². The maximum Gasteiger partial charge on any atom is 0.285 e. The topological polar surface area (TPSA) is 87.8 Å². The van der Waals surface area contributed by atoms with Crippen LogP contribution in [0.1, 0.15) is 49.4 Å². The molecule has 1 aromatic heterocycles. The van der Waals surface area contributed by atoms with E-state index in [1.165, 1.54) is 6.42 Å². The summed E-state index contributed by atoms with van der Waals surface area (Å²) in [5.41, 5.74) is 0.726. The summed E-state index contributed by atoms with van der Waals surface area (Å²) in [7, 11) is 0. The first kappa shape index (κ1) is 16.2. The highest BCUT2D eigenvalue weighted by atomic mass is 16.2. The van der Waals surface area contributed by atoms with E-state index in [1.807, 2.05) is 6.07 Å². The third kappa shape index (κ3) is 3.35. The molecule has 2 rings (SSSR count). The highest BCUT2D eigenvalue weighted by Gasteiger charge is 2.23. The van der Waals surface area contributed by atoms with Gasteiger partial charge in [0.15, 0.2) is 0 Å². The van der Waals surface area contributed by atoms with E-state index in [0.717, 1.165) is 23.9 Å². The van der Waals surface area contributed by atoms with Crippen LogP contribution in [0, 0.1) is 31.1 Å². The zero-order chi connectivity index (χ0) is 16.3. The molecule has 0 bridgehead atoms. The van der Waals surface area contributed by atoms with E-state index in [4.69, 9.17) is 5.26 Å². The molecule has 1 fully saturated rings. The van der Waals surface area contributed by atoms with E-state index in [2.05, 4.69) is 17.3 Å². The molecular weight excluding hydrogens is 280 g/mol. The molecule has 1 saturated carbocycles. The Hall–Kier alpha value is -2.16. The minimum Gasteiger partial charge on any atom is -0.351 e. The molecule has 0 saturated heterocycles. The van der Waals surface area contributed by atoms with Gasteiger partial charge in [0.1, 0.15) is 18.2 Å². The highest BCUT2D eigenvalue weighted by molar-refractivity contribution is 5.76. The van der Waals surface area contributed by atoms with Gasteiger partial charge in [-0.25, -0.2) is 4.68 Å². The molecule has 2 atom stereocenters. The van der Waals surface area contributed by atoms with E-state index in [9.17, 15) is 9.59 Å². The summed E-state index contributed by atoms with van der Waals surface area (Å²) in [6, 6.07) is 2.07. The van der Waals surface area contributed by atoms with Crippen molar-refractivity contribution >= 4 is 5.91 Å². The fourth-order valence-electron chi connectivity index (χ4n) is 2.93. The molecule has 0 radical (unpaired) electrons. The molecule has 0 aromatic carbocycles. The van der Waals surface area contributed by atoms with E-state index >= 15 is 0 Å². The first-order chi connectivity index (χ1) is 10.4. The van der Waals surface area contributed by atoms with Crippen LogP contribution in [-0.2, 0) is 11.3 Å². The Morgan fingerprint density at radius 2 is 2.09 bits per heavy atom. The van der Waals surface area contributed by atoms with Gasteiger partial charge >= 0.3 is 0 Å². The largest absolute Gasteiger partial charge is 0.351 e. The van der Waals surface area contributed by atoms with Crippen molar-refractivity contribution in [2.24, 2.45) is 5.92 Å². The van der Waals surface area contributed by atoms with Crippen LogP contribution >= 0.6 is 0 Å². The quantitative estimate of drug-likeness (QED) is 0.914. The van der Waals surface area contributed by atoms with Gasteiger partial charge in [0, 0.05) is 6.04 Å². The molecule has 2 unspecified atom stereocenters. The van der Waals surface area contributed by atoms with Gasteiger partial charge < -0.3 is 5.32 Å². The van der Waals surface area contributed by atoms with Crippen molar-refractivity contribution in [2.75, 3.05) is 0 Å². The van der Waals surface area contributed by atoms with Crippen molar-refractivity contribution in [2.45, 2.75) is 59.0 Å². The lowest BCUT2D eigenvalue weighted by Crippen LogP contribution is -2.44. The van der Waals surface area contributed by atoms with Gasteiger partial charge in [0.05, 0.1) is 5.69 Å². The summed E-state index contributed by atoms with van der Waals surface area (Å²) in [6.45, 7) is 5.42. The third-order valence-corrected chi connectivity index (χ3v) is 4.50. The molecule has 1 heterocycles. The van der Waals surface area contributed by atoms with Crippen molar-refractivity contribution < 1.29 is 4.79 Å². The molecule has 118 valence electrons. The lowest BCUT2D eigenvalue weighted by atomic mass is 9.86. The van der Waals surface area contributed by atoms with Crippen molar-refractivity contribution in [3.63, 3.8) is 0 Å². The smallest absolute Gasteiger partial charge is 0.285 e. The van der Waals surface area contributed by atoms with Crippen LogP contribution < -0.4 is 10.9 Å². The number of amides is 1. The normalized spacial score (nSPS) is 21.2. The van der Waals surface area contributed by atoms with E-state index in [1.54, 1.807) is 13.8 Å². The molecule has 1 aliphatic carbocycles. The number of hydrogen-bond acceptors (Lipinski definition) is 4. The number of nitriles is 1. The maximum atomic E-state index is 12.2. The van der Waals surface area contributed by atoms with Gasteiger partial charge in [-0.15, -0.1) is 0 Å². The van der Waals surface area contributed by atoms with Crippen molar-refractivity contribution in [1.82, 2.24) is 15.1 Å². The second-order valence-electron chi connectivity index (χ2n) is 6.10. The third-order valence-electron chi connectivity index (χ3n) is 4.50. The zero-order valence-corrected chi connectivity index (χ0v) is 13.3. The van der Waals surface area contributed by atoms with Crippen LogP contribution in [0.25, 0.3) is 0 Å². The van der Waals surface area contributed by atoms with Crippen molar-refractivity contribution in [1.29, 1.82) is 5.26 Å². The van der Waals surface area contributed by atoms with Gasteiger partial charge in [0.25, 0.3) is 5.56 Å². The van der Waals surface area contributed by atoms with Crippen molar-refractivity contribution in [3.05, 3.63) is 27.2 Å². The van der Waals surface area contributed by atoms with Crippen LogP contribution in [0.15, 0.2) is 4.79 Å². The lowest BCUT2D eigenvalue weighted by molar-refractivity contribution is -0.123. The average molecular weight is 302 g/mol. The summed E-state index contributed by atoms with van der Waals surface area (Å²) in [6.07, 6.45) is 4.42. The van der Waals surface area contributed by atoms with Crippen LogP contribution in [-0.4, -0.2) is 21.7 Å². The van der Waals surface area contributed by atoms with Gasteiger partial charge in [-0.2, -0.15) is 10.4 Å². The zero-order valence-electron chi connectivity index (χ0n) is 13.3. The number of carbonyl (C=O) groups is 1. The first-order valence-electron chi connectivity index (χ1n) is 7.71. The minimum absolute atomic E-state index is 0.0614. The fraction of sp³-hybridized carbons (Fsp3) is 0.625. The molecular formula is C16H22N4O2. The van der Waals surface area contributed by atoms with Gasteiger partial charge in [-0.1, -0.05) is 19.8 Å². The Bertz CT molecular complexity index is 672. The number of carbonyl (C=O) groups excluding carboxylic acids is 1. The predicted molar refractivity (Wildman–Crippen MR) is 82.2 cm³/mol. The van der Waals surface area contributed by atoms with E-state index in [-0.39, 0.29) is 24.1 Å². The Kier molecular flexibility index (Phi) is 4.96. The number of rotatable bonds is 3. The summed E-state index contributed by atoms with van der Waals surface area (Å²) in [5.74, 6) is 0.234. The number of aryl methyl sites for hydroxylation is 1. The minimum atomic E-state index is -0.502. The van der Waals surface area contributed by atoms with Crippen LogP contribution in [0.4, 0.5) is 0 Å². The molecule has 6 heteroatoms. The maximum absolute atomic E-state index is 12.2. The number of hydrogen-bond donors (Lipinski definition) is 1. The summed E-state index contributed by atoms with van der Waals surface area (Å²) >= 11 is 0. The molecule has 1 amide bonds. The second kappa shape index (κ2) is 6.73. The Labute approximate surface area is 130 Å². The molecule has 22 heavy (non-hydrogen) atoms. The fourth-order valence-corrected chi connectivity index (χ4v) is 2.93. The Morgan fingerprint density at radius 3 is 2.73 bits per heavy atom. The Balaban J connectivity index is 2.14. The summed E-state index contributed by atoms with van der Waals surface area (Å²) in [4.78, 5) is 24.3. The second-order valence-corrected chi connectivity index (χ2v) is 6.10. The van der Waals surface area contributed by atoms with E-state index in [0.29, 0.717) is 17.2 Å². The standard InChI is InChI=1S/C16H22N4O2/c1-10-6-4-5-7-14(10)18-15(21)9-20-16(22)13(8-17)11(2)12(3)19-20/h10,14H,4-7,9H2,1-3H3,(H,18,21). The first-order valence-corrected chi connectivity index (χ1v) is 7.71. The summed E-state index contributed by atoms with van der Waals surface area (Å²) in [5, 5.41) is 16.2. The molecule has 6 nitrogen and oxygen atoms in total. The molecule has 0 aliphatic heterocycles. The van der Waals surface area contributed by atoms with Crippen LogP contribution in [0.2, 0.25) is 0 Å². The van der Waals surface area contributed by atoms with Crippen molar-refractivity contribution in [3.8, 4) is 6.07 Å². The molecule has 1 aliphatic rings. The number of aromatic nitrogens is 2. The molecule has 0 spiro atoms. The summed E-state index contributed by atoms with van der Waals surface area (Å²) < 4.78 is 1.09. The molecule has 1 N–H and O–H groups in total. The monoisotopic (exact) mass is 302 g/mol. The molecule has 1 aromatic rings. The van der Waals surface area contributed by atoms with Gasteiger partial charge in [-0.3, -0.25) is 9.59 Å². The SMILES string of the molecule is Cc1nn(CC(=O)NC2CCCCC2C)c(=O)c(C#N)c1C. The Morgan fingerprint density at radius 1 is 1.41 bits per heavy atom. The number of nitrogens with one attached hydrogen (secondary N) is 1. The van der Waals surface area contributed by atoms with Crippen LogP contribution in [0.3, 0.4) is 0 Å². The highest BCUT2D eigenvalue weighted by Crippen LogP contribution is 2.23. The van der Waals surface area contributed by atoms with Gasteiger partial charge in [0.2, 0.25) is 5.91 Å². The van der Waals surface area contributed by atoms with Crippen LogP contribution in [0.5, 0.6) is 0 Å². The predicted octanol–water partition coefficient (Wildman–Crippen LogP) is 1.43. The average Bonchev–Trinajstić information content (AvgIpc) is 2.48. The van der Waals surface area contributed by atoms with Gasteiger partial charge in [-0.05, 0) is 38.2 Å². The number of nitrogens with zero attached hydrogens (tertiary/aromatic N) is 3.